The highest BCUT2D eigenvalue weighted by molar-refractivity contribution is 5.93. The highest BCUT2D eigenvalue weighted by atomic mass is 16.2. The first kappa shape index (κ1) is 21.2. The fourth-order valence-corrected chi connectivity index (χ4v) is 6.80. The van der Waals surface area contributed by atoms with Gasteiger partial charge < -0.3 is 9.80 Å². The minimum Gasteiger partial charge on any atom is -0.334 e. The average molecular weight is 435 g/mol. The number of rotatable bonds is 4. The van der Waals surface area contributed by atoms with Crippen molar-refractivity contribution in [2.75, 3.05) is 0 Å². The second kappa shape index (κ2) is 7.75. The van der Waals surface area contributed by atoms with Crippen molar-refractivity contribution in [1.82, 2.24) is 20.0 Å². The summed E-state index contributed by atoms with van der Waals surface area (Å²) in [5, 5.41) is 7.47. The maximum Gasteiger partial charge on any atom is 0.274 e. The number of amides is 2. The maximum atomic E-state index is 14.0. The van der Waals surface area contributed by atoms with Crippen molar-refractivity contribution in [3.8, 4) is 0 Å². The van der Waals surface area contributed by atoms with Gasteiger partial charge in [-0.1, -0.05) is 51.1 Å². The van der Waals surface area contributed by atoms with Crippen molar-refractivity contribution in [3.63, 3.8) is 0 Å². The van der Waals surface area contributed by atoms with E-state index < -0.39 is 0 Å². The van der Waals surface area contributed by atoms with Gasteiger partial charge in [0.1, 0.15) is 5.69 Å². The van der Waals surface area contributed by atoms with Gasteiger partial charge in [0.25, 0.3) is 5.91 Å². The summed E-state index contributed by atoms with van der Waals surface area (Å²) in [5.41, 5.74) is 2.61. The van der Waals surface area contributed by atoms with Crippen LogP contribution < -0.4 is 0 Å². The van der Waals surface area contributed by atoms with Gasteiger partial charge in [0.2, 0.25) is 5.91 Å². The third-order valence-electron chi connectivity index (χ3n) is 8.28. The van der Waals surface area contributed by atoms with Crippen LogP contribution in [-0.2, 0) is 11.2 Å². The Morgan fingerprint density at radius 2 is 1.84 bits per heavy atom. The summed E-state index contributed by atoms with van der Waals surface area (Å²) >= 11 is 0. The maximum absolute atomic E-state index is 14.0. The molecule has 1 aliphatic carbocycles. The monoisotopic (exact) mass is 434 g/mol. The molecule has 2 bridgehead atoms. The number of aromatic nitrogens is 2. The molecular weight excluding hydrogens is 400 g/mol. The van der Waals surface area contributed by atoms with Crippen LogP contribution in [0.1, 0.15) is 81.0 Å². The third kappa shape index (κ3) is 3.18. The first-order valence-corrected chi connectivity index (χ1v) is 12.0. The topological polar surface area (TPSA) is 69.3 Å². The second-order valence-electron chi connectivity index (χ2n) is 10.5. The summed E-state index contributed by atoms with van der Waals surface area (Å²) in [4.78, 5) is 31.1. The Hall–Kier alpha value is -2.63. The lowest BCUT2D eigenvalue weighted by atomic mass is 9.64. The molecule has 1 saturated carbocycles. The van der Waals surface area contributed by atoms with E-state index in [2.05, 4.69) is 52.9 Å². The van der Waals surface area contributed by atoms with Gasteiger partial charge in [0.05, 0.1) is 12.1 Å². The molecule has 2 saturated heterocycles. The van der Waals surface area contributed by atoms with Crippen LogP contribution in [0.2, 0.25) is 0 Å². The molecule has 3 fully saturated rings. The van der Waals surface area contributed by atoms with E-state index in [9.17, 15) is 9.59 Å². The van der Waals surface area contributed by atoms with Crippen molar-refractivity contribution in [2.24, 2.45) is 5.41 Å². The van der Waals surface area contributed by atoms with Gasteiger partial charge in [-0.2, -0.15) is 5.10 Å². The van der Waals surface area contributed by atoms with Gasteiger partial charge in [-0.15, -0.1) is 0 Å². The standard InChI is InChI=1S/C26H34N4O2/c1-16(2)19-14-20(28-27-19)25(32)30-21(13-18-9-6-5-7-10-18)22-15-26(4)23(29(22)17(3)31)11-8-12-24(26)30/h5-7,9-10,14,16,21-24H,8,11-13,15H2,1-4H3,(H,27,28)/t21-,22-,23-,24+,26-/m0/s1. The van der Waals surface area contributed by atoms with Gasteiger partial charge in [-0.3, -0.25) is 14.7 Å². The van der Waals surface area contributed by atoms with Gasteiger partial charge in [-0.25, -0.2) is 0 Å². The lowest BCUT2D eigenvalue weighted by molar-refractivity contribution is -0.133. The molecule has 3 heterocycles. The quantitative estimate of drug-likeness (QED) is 0.786. The van der Waals surface area contributed by atoms with Crippen molar-refractivity contribution >= 4 is 11.8 Å². The Morgan fingerprint density at radius 3 is 2.47 bits per heavy atom. The number of likely N-dealkylation sites (tertiary alicyclic amines) is 2. The number of fused-ring (bicyclic) bond motifs is 1. The number of benzene rings is 1. The number of nitrogens with one attached hydrogen (secondary N) is 1. The molecule has 0 radical (unpaired) electrons. The van der Waals surface area contributed by atoms with E-state index in [4.69, 9.17) is 0 Å². The molecule has 6 heteroatoms. The molecule has 0 unspecified atom stereocenters. The Balaban J connectivity index is 1.59. The fourth-order valence-electron chi connectivity index (χ4n) is 6.80. The smallest absolute Gasteiger partial charge is 0.274 e. The highest BCUT2D eigenvalue weighted by Crippen LogP contribution is 2.56. The number of carbonyl (C=O) groups excluding carboxylic acids is 2. The summed E-state index contributed by atoms with van der Waals surface area (Å²) in [6.45, 7) is 8.19. The Labute approximate surface area is 190 Å². The van der Waals surface area contributed by atoms with Gasteiger partial charge in [0, 0.05) is 30.1 Å². The SMILES string of the molecule is CC(=O)N1[C@H]2CCC[C@H]3N(C(=O)c4cc(C(C)C)[nH]n4)[C@@H](Cc4ccccc4)[C@@H]1C[C@@]23C. The van der Waals surface area contributed by atoms with Crippen LogP contribution in [0.3, 0.4) is 0 Å². The van der Waals surface area contributed by atoms with Crippen molar-refractivity contribution < 1.29 is 9.59 Å². The summed E-state index contributed by atoms with van der Waals surface area (Å²) in [6, 6.07) is 12.6. The van der Waals surface area contributed by atoms with E-state index in [0.29, 0.717) is 5.69 Å². The van der Waals surface area contributed by atoms with Crippen molar-refractivity contribution in [2.45, 2.75) is 89.9 Å². The second-order valence-corrected chi connectivity index (χ2v) is 10.5. The molecule has 32 heavy (non-hydrogen) atoms. The number of aromatic amines is 1. The van der Waals surface area contributed by atoms with Crippen LogP contribution in [0.4, 0.5) is 0 Å². The number of hydrogen-bond acceptors (Lipinski definition) is 3. The van der Waals surface area contributed by atoms with Crippen LogP contribution >= 0.6 is 0 Å². The molecule has 5 rings (SSSR count). The van der Waals surface area contributed by atoms with E-state index in [-0.39, 0.29) is 47.3 Å². The van der Waals surface area contributed by atoms with Crippen LogP contribution in [0.15, 0.2) is 36.4 Å². The number of carbonyl (C=O) groups is 2. The molecule has 1 aromatic heterocycles. The van der Waals surface area contributed by atoms with Crippen LogP contribution in [0.5, 0.6) is 0 Å². The summed E-state index contributed by atoms with van der Waals surface area (Å²) in [7, 11) is 0. The van der Waals surface area contributed by atoms with Crippen LogP contribution in [0, 0.1) is 5.41 Å². The molecule has 6 nitrogen and oxygen atoms in total. The minimum absolute atomic E-state index is 0.000980. The number of nitrogens with zero attached hydrogens (tertiary/aromatic N) is 3. The first-order valence-electron chi connectivity index (χ1n) is 12.0. The minimum atomic E-state index is -0.0609. The third-order valence-corrected chi connectivity index (χ3v) is 8.28. The van der Waals surface area contributed by atoms with E-state index in [1.165, 1.54) is 5.56 Å². The lowest BCUT2D eigenvalue weighted by Crippen LogP contribution is -2.62. The largest absolute Gasteiger partial charge is 0.334 e. The van der Waals surface area contributed by atoms with Gasteiger partial charge in [0.15, 0.2) is 0 Å². The molecule has 2 aliphatic heterocycles. The molecule has 2 amide bonds. The zero-order chi connectivity index (χ0) is 22.6. The average Bonchev–Trinajstić information content (AvgIpc) is 3.36. The van der Waals surface area contributed by atoms with E-state index in [1.807, 2.05) is 24.3 Å². The normalized spacial score (nSPS) is 31.3. The Morgan fingerprint density at radius 1 is 1.16 bits per heavy atom. The molecule has 170 valence electrons. The van der Waals surface area contributed by atoms with E-state index in [1.54, 1.807) is 6.92 Å². The molecule has 0 spiro atoms. The van der Waals surface area contributed by atoms with Crippen molar-refractivity contribution in [3.05, 3.63) is 53.3 Å². The number of H-pyrrole nitrogens is 1. The predicted molar refractivity (Wildman–Crippen MR) is 123 cm³/mol. The lowest BCUT2D eigenvalue weighted by Gasteiger charge is -2.52. The van der Waals surface area contributed by atoms with Gasteiger partial charge >= 0.3 is 0 Å². The Kier molecular flexibility index (Phi) is 5.14. The molecule has 3 aliphatic rings. The summed E-state index contributed by atoms with van der Waals surface area (Å²) in [5.74, 6) is 0.422. The number of hydrogen-bond donors (Lipinski definition) is 1. The molecule has 1 N–H and O–H groups in total. The highest BCUT2D eigenvalue weighted by Gasteiger charge is 2.64. The molecule has 1 aromatic carbocycles. The van der Waals surface area contributed by atoms with E-state index >= 15 is 0 Å². The van der Waals surface area contributed by atoms with Crippen LogP contribution in [0.25, 0.3) is 0 Å². The zero-order valence-electron chi connectivity index (χ0n) is 19.5. The fraction of sp³-hybridized carbons (Fsp3) is 0.577. The van der Waals surface area contributed by atoms with E-state index in [0.717, 1.165) is 37.8 Å². The molecule has 2 aromatic rings. The zero-order valence-corrected chi connectivity index (χ0v) is 19.5. The number of piperidine rings is 1. The van der Waals surface area contributed by atoms with Crippen LogP contribution in [-0.4, -0.2) is 56.0 Å². The summed E-state index contributed by atoms with van der Waals surface area (Å²) < 4.78 is 0. The molecular formula is C26H34N4O2. The van der Waals surface area contributed by atoms with Gasteiger partial charge in [-0.05, 0) is 49.7 Å². The predicted octanol–water partition coefficient (Wildman–Crippen LogP) is 4.15. The first-order chi connectivity index (χ1) is 15.3. The van der Waals surface area contributed by atoms with Crippen molar-refractivity contribution in [1.29, 1.82) is 0 Å². The Bertz CT molecular complexity index is 1020. The summed E-state index contributed by atoms with van der Waals surface area (Å²) in [6.07, 6.45) is 4.79. The molecule has 5 atom stereocenters.